The number of Topliss-reactive ketones (excluding diaryl/α,β-unsaturated/α-hetero) is 2. The molecule has 1 aromatic rings. The molecule has 5 rings (SSSR count). The second kappa shape index (κ2) is 15.8. The molecule has 0 aromatic heterocycles. The number of ketones is 3. The molecule has 0 bridgehead atoms. The monoisotopic (exact) mass is 685 g/mol. The quantitative estimate of drug-likeness (QED) is 0.170. The summed E-state index contributed by atoms with van der Waals surface area (Å²) in [5.41, 5.74) is 8.00. The van der Waals surface area contributed by atoms with Gasteiger partial charge in [0.05, 0.1) is 12.5 Å². The zero-order chi connectivity index (χ0) is 35.6. The maximum absolute atomic E-state index is 14.4. The van der Waals surface area contributed by atoms with Crippen LogP contribution in [0.25, 0.3) is 0 Å². The summed E-state index contributed by atoms with van der Waals surface area (Å²) in [6.07, 6.45) is -6.53. The number of ether oxygens (including phenoxy) is 3. The van der Waals surface area contributed by atoms with Crippen molar-refractivity contribution in [1.29, 1.82) is 0 Å². The zero-order valence-electron chi connectivity index (χ0n) is 28.0. The van der Waals surface area contributed by atoms with Crippen LogP contribution in [0.1, 0.15) is 44.2 Å². The van der Waals surface area contributed by atoms with E-state index in [4.69, 9.17) is 19.9 Å². The summed E-state index contributed by atoms with van der Waals surface area (Å²) in [6, 6.07) is 6.62. The number of likely N-dealkylation sites (N-methyl/N-ethyl adjacent to an activating group) is 1. The first-order valence-electron chi connectivity index (χ1n) is 16.8. The molecule has 6 N–H and O–H groups in total. The maximum Gasteiger partial charge on any atom is 0.236 e. The van der Waals surface area contributed by atoms with Gasteiger partial charge in [0, 0.05) is 37.2 Å². The Labute approximate surface area is 285 Å². The Kier molecular flexibility index (Phi) is 12.0. The molecule has 4 aliphatic rings. The van der Waals surface area contributed by atoms with E-state index in [0.29, 0.717) is 5.57 Å². The van der Waals surface area contributed by atoms with E-state index in [9.17, 15) is 39.6 Å². The number of aliphatic hydroxyl groups is 4. The third-order valence-electron chi connectivity index (χ3n) is 9.85. The van der Waals surface area contributed by atoms with Gasteiger partial charge in [0.15, 0.2) is 29.9 Å². The number of rotatable bonds is 12. The van der Waals surface area contributed by atoms with Crippen LogP contribution in [0, 0.1) is 5.92 Å². The van der Waals surface area contributed by atoms with Crippen LogP contribution in [0.15, 0.2) is 48.2 Å². The molecule has 14 nitrogen and oxygen atoms in total. The SMILES string of the molecule is CCCCc1ccc(CC(=O)C2=CCN(C)[C@@H]([C@H](O[C@@H]3O[C@H](CN)[C@@H](O)[C@H]3O)[C@H]3O[C@@H](N4C=CC(=O)CC4=O)[C@H](O)[C@@H]3O)C(=O)C2C)cc1. The molecule has 2 saturated heterocycles. The molecule has 11 atom stereocenters. The highest BCUT2D eigenvalue weighted by Gasteiger charge is 2.56. The van der Waals surface area contributed by atoms with E-state index >= 15 is 0 Å². The number of allylic oxidation sites excluding steroid dienone is 2. The lowest BCUT2D eigenvalue weighted by Crippen LogP contribution is -2.58. The first-order valence-corrected chi connectivity index (χ1v) is 16.8. The lowest BCUT2D eigenvalue weighted by Gasteiger charge is -2.38. The third kappa shape index (κ3) is 7.77. The van der Waals surface area contributed by atoms with Gasteiger partial charge >= 0.3 is 0 Å². The summed E-state index contributed by atoms with van der Waals surface area (Å²) in [4.78, 5) is 55.1. The fourth-order valence-electron chi connectivity index (χ4n) is 6.89. The van der Waals surface area contributed by atoms with Gasteiger partial charge in [-0.1, -0.05) is 50.6 Å². The van der Waals surface area contributed by atoms with Gasteiger partial charge in [-0.05, 0) is 37.1 Å². The molecule has 0 saturated carbocycles. The van der Waals surface area contributed by atoms with E-state index < -0.39 is 91.1 Å². The van der Waals surface area contributed by atoms with E-state index in [1.165, 1.54) is 5.56 Å². The van der Waals surface area contributed by atoms with E-state index in [1.54, 1.807) is 24.9 Å². The number of aryl methyl sites for hydroxylation is 1. The van der Waals surface area contributed by atoms with Crippen LogP contribution >= 0.6 is 0 Å². The minimum atomic E-state index is -1.71. The number of carbonyl (C=O) groups is 4. The smallest absolute Gasteiger partial charge is 0.236 e. The van der Waals surface area contributed by atoms with Crippen LogP contribution in [-0.2, 0) is 46.2 Å². The molecule has 0 spiro atoms. The Balaban J connectivity index is 1.41. The van der Waals surface area contributed by atoms with E-state index in [1.807, 2.05) is 24.3 Å². The highest BCUT2D eigenvalue weighted by molar-refractivity contribution is 6.06. The normalized spacial score (nSPS) is 34.7. The van der Waals surface area contributed by atoms with E-state index in [-0.39, 0.29) is 25.3 Å². The Bertz CT molecular complexity index is 1450. The van der Waals surface area contributed by atoms with Gasteiger partial charge in [-0.25, -0.2) is 0 Å². The average molecular weight is 686 g/mol. The molecule has 1 amide bonds. The van der Waals surface area contributed by atoms with Crippen LogP contribution in [0.4, 0.5) is 0 Å². The Morgan fingerprint density at radius 3 is 2.35 bits per heavy atom. The van der Waals surface area contributed by atoms with Crippen molar-refractivity contribution in [1.82, 2.24) is 9.80 Å². The lowest BCUT2D eigenvalue weighted by atomic mass is 9.85. The molecule has 49 heavy (non-hydrogen) atoms. The number of hydrogen-bond acceptors (Lipinski definition) is 13. The van der Waals surface area contributed by atoms with Crippen molar-refractivity contribution in [3.63, 3.8) is 0 Å². The highest BCUT2D eigenvalue weighted by Crippen LogP contribution is 2.36. The van der Waals surface area contributed by atoms with Crippen LogP contribution in [0.3, 0.4) is 0 Å². The Morgan fingerprint density at radius 1 is 1.02 bits per heavy atom. The summed E-state index contributed by atoms with van der Waals surface area (Å²) in [6.45, 7) is 3.70. The van der Waals surface area contributed by atoms with Gasteiger partial charge < -0.3 is 40.4 Å². The fraction of sp³-hybridized carbons (Fsp3) is 0.600. The summed E-state index contributed by atoms with van der Waals surface area (Å²) in [7, 11) is 1.62. The van der Waals surface area contributed by atoms with Crippen molar-refractivity contribution in [2.75, 3.05) is 20.1 Å². The van der Waals surface area contributed by atoms with Crippen molar-refractivity contribution < 1.29 is 53.8 Å². The maximum atomic E-state index is 14.4. The molecular formula is C35H47N3O11. The zero-order valence-corrected chi connectivity index (χ0v) is 28.0. The average Bonchev–Trinajstić information content (AvgIpc) is 3.48. The van der Waals surface area contributed by atoms with Crippen molar-refractivity contribution in [3.05, 3.63) is 59.3 Å². The standard InChI is InChI=1S/C35H47N3O11/c1-4-5-6-19-7-9-20(10-8-19)15-23(40)22-12-13-37(3)26(27(42)18(22)2)32(49-35-31(46)28(43)24(17-36)47-35)33-29(44)30(45)34(48-33)38-14-11-21(39)16-25(38)41/h7-12,14,18,24,26,28-35,43-46H,4-6,13,15-17,36H2,1-3H3/t18?,24-,26-,28-,29+,30-,31-,32+,33+,34-,35+/m1/s1. The molecule has 268 valence electrons. The molecule has 0 radical (unpaired) electrons. The summed E-state index contributed by atoms with van der Waals surface area (Å²) >= 11 is 0. The first-order chi connectivity index (χ1) is 23.4. The van der Waals surface area contributed by atoms with Gasteiger partial charge in [0.1, 0.15) is 42.7 Å². The number of amides is 1. The number of hydrogen-bond donors (Lipinski definition) is 5. The van der Waals surface area contributed by atoms with Gasteiger partial charge in [-0.2, -0.15) is 0 Å². The fourth-order valence-corrected chi connectivity index (χ4v) is 6.89. The molecule has 14 heteroatoms. The second-order valence-electron chi connectivity index (χ2n) is 13.3. The minimum absolute atomic E-state index is 0.0878. The summed E-state index contributed by atoms with van der Waals surface area (Å²) in [5.74, 6) is -2.71. The predicted molar refractivity (Wildman–Crippen MR) is 173 cm³/mol. The van der Waals surface area contributed by atoms with Crippen LogP contribution < -0.4 is 5.73 Å². The van der Waals surface area contributed by atoms with E-state index in [2.05, 4.69) is 6.92 Å². The molecule has 4 aliphatic heterocycles. The first kappa shape index (κ1) is 37.1. The van der Waals surface area contributed by atoms with Crippen LogP contribution in [-0.4, -0.2) is 135 Å². The van der Waals surface area contributed by atoms with Gasteiger partial charge in [0.2, 0.25) is 5.91 Å². The molecular weight excluding hydrogens is 638 g/mol. The number of nitrogens with two attached hydrogens (primary N) is 1. The topological polar surface area (TPSA) is 209 Å². The third-order valence-corrected chi connectivity index (χ3v) is 9.85. The van der Waals surface area contributed by atoms with Crippen molar-refractivity contribution in [2.24, 2.45) is 11.7 Å². The number of benzene rings is 1. The number of carbonyl (C=O) groups excluding carboxylic acids is 4. The lowest BCUT2D eigenvalue weighted by molar-refractivity contribution is -0.232. The van der Waals surface area contributed by atoms with Gasteiger partial charge in [-0.3, -0.25) is 29.0 Å². The largest absolute Gasteiger partial charge is 0.387 e. The molecule has 1 aromatic carbocycles. The van der Waals surface area contributed by atoms with Crippen molar-refractivity contribution in [3.8, 4) is 0 Å². The van der Waals surface area contributed by atoms with Gasteiger partial charge in [0.25, 0.3) is 0 Å². The second-order valence-corrected chi connectivity index (χ2v) is 13.3. The number of aliphatic hydroxyl groups excluding tert-OH is 4. The Morgan fingerprint density at radius 2 is 1.71 bits per heavy atom. The van der Waals surface area contributed by atoms with E-state index in [0.717, 1.165) is 42.0 Å². The molecule has 0 aliphatic carbocycles. The predicted octanol–water partition coefficient (Wildman–Crippen LogP) is -0.861. The summed E-state index contributed by atoms with van der Waals surface area (Å²) in [5, 5.41) is 43.6. The molecule has 1 unspecified atom stereocenters. The van der Waals surface area contributed by atoms with Gasteiger partial charge in [-0.15, -0.1) is 0 Å². The summed E-state index contributed by atoms with van der Waals surface area (Å²) < 4.78 is 17.9. The van der Waals surface area contributed by atoms with Crippen LogP contribution in [0.2, 0.25) is 0 Å². The minimum Gasteiger partial charge on any atom is -0.387 e. The van der Waals surface area contributed by atoms with Crippen molar-refractivity contribution in [2.45, 2.75) is 107 Å². The Hall–Kier alpha value is -3.18. The number of unbranched alkanes of at least 4 members (excludes halogenated alkanes) is 1. The van der Waals surface area contributed by atoms with Crippen LogP contribution in [0.5, 0.6) is 0 Å². The highest BCUT2D eigenvalue weighted by atomic mass is 16.7. The molecule has 4 heterocycles. The van der Waals surface area contributed by atoms with Crippen molar-refractivity contribution >= 4 is 23.3 Å². The number of nitrogens with zero attached hydrogens (tertiary/aromatic N) is 2. The molecule has 2 fully saturated rings.